The maximum Gasteiger partial charge on any atom is 0.149 e. The van der Waals surface area contributed by atoms with E-state index in [1.807, 2.05) is 0 Å². The molecule has 1 aromatic carbocycles. The molecule has 2 rings (SSSR count). The minimum Gasteiger partial charge on any atom is -0.389 e. The van der Waals surface area contributed by atoms with Crippen molar-refractivity contribution in [1.82, 2.24) is 9.78 Å². The molecule has 1 aromatic heterocycles. The van der Waals surface area contributed by atoms with Crippen molar-refractivity contribution in [3.63, 3.8) is 0 Å². The number of aliphatic hydroxyl groups excluding tert-OH is 1. The Morgan fingerprint density at radius 1 is 1.47 bits per heavy atom. The molecule has 15 heavy (non-hydrogen) atoms. The first-order valence-electron chi connectivity index (χ1n) is 4.66. The summed E-state index contributed by atoms with van der Waals surface area (Å²) in [6, 6.07) is 6.33. The standard InChI is InChI=1S/C11H11FN2O/c1-8(15)9-3-4-11(10(12)7-9)14-6-2-5-13-14/h2-8,15H,1H3/t8-/m0/s1. The van der Waals surface area contributed by atoms with Crippen LogP contribution in [0.1, 0.15) is 18.6 Å². The summed E-state index contributed by atoms with van der Waals surface area (Å²) in [5, 5.41) is 13.2. The van der Waals surface area contributed by atoms with Crippen LogP contribution in [0.2, 0.25) is 0 Å². The third-order valence-electron chi connectivity index (χ3n) is 2.21. The second kappa shape index (κ2) is 3.82. The maximum atomic E-state index is 13.6. The van der Waals surface area contributed by atoms with Gasteiger partial charge in [-0.25, -0.2) is 9.07 Å². The van der Waals surface area contributed by atoms with Gasteiger partial charge in [0.25, 0.3) is 0 Å². The zero-order valence-electron chi connectivity index (χ0n) is 8.26. The molecule has 0 saturated carbocycles. The molecule has 2 aromatic rings. The van der Waals surface area contributed by atoms with Gasteiger partial charge in [-0.3, -0.25) is 0 Å². The van der Waals surface area contributed by atoms with Crippen LogP contribution < -0.4 is 0 Å². The number of hydrogen-bond donors (Lipinski definition) is 1. The van der Waals surface area contributed by atoms with Crippen LogP contribution in [0.5, 0.6) is 0 Å². The van der Waals surface area contributed by atoms with Crippen LogP contribution in [-0.4, -0.2) is 14.9 Å². The van der Waals surface area contributed by atoms with E-state index in [9.17, 15) is 9.50 Å². The van der Waals surface area contributed by atoms with Crippen molar-refractivity contribution in [2.75, 3.05) is 0 Å². The molecule has 4 heteroatoms. The Morgan fingerprint density at radius 3 is 2.80 bits per heavy atom. The molecule has 3 nitrogen and oxygen atoms in total. The summed E-state index contributed by atoms with van der Waals surface area (Å²) in [4.78, 5) is 0. The van der Waals surface area contributed by atoms with E-state index >= 15 is 0 Å². The predicted octanol–water partition coefficient (Wildman–Crippen LogP) is 2.06. The highest BCUT2D eigenvalue weighted by molar-refractivity contribution is 5.36. The Hall–Kier alpha value is -1.68. The highest BCUT2D eigenvalue weighted by atomic mass is 19.1. The summed E-state index contributed by atoms with van der Waals surface area (Å²) >= 11 is 0. The van der Waals surface area contributed by atoms with Gasteiger partial charge in [-0.2, -0.15) is 5.10 Å². The molecule has 1 N–H and O–H groups in total. The molecular weight excluding hydrogens is 195 g/mol. The van der Waals surface area contributed by atoms with E-state index in [1.165, 1.54) is 10.7 Å². The molecule has 78 valence electrons. The van der Waals surface area contributed by atoms with Crippen molar-refractivity contribution >= 4 is 0 Å². The second-order valence-corrected chi connectivity index (χ2v) is 3.34. The number of aromatic nitrogens is 2. The van der Waals surface area contributed by atoms with Gasteiger partial charge >= 0.3 is 0 Å². The fourth-order valence-electron chi connectivity index (χ4n) is 1.38. The molecule has 0 aliphatic rings. The molecule has 0 amide bonds. The Balaban J connectivity index is 2.44. The fourth-order valence-corrected chi connectivity index (χ4v) is 1.38. The molecular formula is C11H11FN2O. The van der Waals surface area contributed by atoms with E-state index in [0.29, 0.717) is 11.3 Å². The number of hydrogen-bond acceptors (Lipinski definition) is 2. The molecule has 0 aliphatic carbocycles. The van der Waals surface area contributed by atoms with Crippen molar-refractivity contribution < 1.29 is 9.50 Å². The van der Waals surface area contributed by atoms with E-state index in [4.69, 9.17) is 0 Å². The van der Waals surface area contributed by atoms with E-state index < -0.39 is 11.9 Å². The van der Waals surface area contributed by atoms with E-state index in [-0.39, 0.29) is 0 Å². The zero-order chi connectivity index (χ0) is 10.8. The van der Waals surface area contributed by atoms with Gasteiger partial charge in [-0.1, -0.05) is 6.07 Å². The quantitative estimate of drug-likeness (QED) is 0.816. The van der Waals surface area contributed by atoms with Crippen LogP contribution in [-0.2, 0) is 0 Å². The van der Waals surface area contributed by atoms with Gasteiger partial charge in [-0.05, 0) is 30.7 Å². The molecule has 0 saturated heterocycles. The van der Waals surface area contributed by atoms with Crippen LogP contribution in [0.3, 0.4) is 0 Å². The first kappa shape index (κ1) is 9.86. The third-order valence-corrected chi connectivity index (χ3v) is 2.21. The molecule has 1 atom stereocenters. The van der Waals surface area contributed by atoms with Gasteiger partial charge in [0.15, 0.2) is 0 Å². The largest absolute Gasteiger partial charge is 0.389 e. The summed E-state index contributed by atoms with van der Waals surface area (Å²) in [6.07, 6.45) is 2.59. The van der Waals surface area contributed by atoms with Gasteiger partial charge in [0.2, 0.25) is 0 Å². The SMILES string of the molecule is C[C@H](O)c1ccc(-n2cccn2)c(F)c1. The first-order valence-corrected chi connectivity index (χ1v) is 4.66. The van der Waals surface area contributed by atoms with Crippen LogP contribution in [0.4, 0.5) is 4.39 Å². The highest BCUT2D eigenvalue weighted by Gasteiger charge is 2.08. The second-order valence-electron chi connectivity index (χ2n) is 3.34. The van der Waals surface area contributed by atoms with Gasteiger partial charge in [-0.15, -0.1) is 0 Å². The first-order chi connectivity index (χ1) is 7.18. The molecule has 0 aliphatic heterocycles. The number of halogens is 1. The van der Waals surface area contributed by atoms with Gasteiger partial charge in [0.05, 0.1) is 6.10 Å². The molecule has 0 spiro atoms. The van der Waals surface area contributed by atoms with Crippen molar-refractivity contribution in [3.05, 3.63) is 48.0 Å². The van der Waals surface area contributed by atoms with Crippen LogP contribution >= 0.6 is 0 Å². The smallest absolute Gasteiger partial charge is 0.149 e. The predicted molar refractivity (Wildman–Crippen MR) is 54.2 cm³/mol. The topological polar surface area (TPSA) is 38.0 Å². The fraction of sp³-hybridized carbons (Fsp3) is 0.182. The monoisotopic (exact) mass is 206 g/mol. The number of rotatable bonds is 2. The lowest BCUT2D eigenvalue weighted by molar-refractivity contribution is 0.199. The lowest BCUT2D eigenvalue weighted by Gasteiger charge is -2.07. The third kappa shape index (κ3) is 1.89. The number of nitrogens with zero attached hydrogens (tertiary/aromatic N) is 2. The molecule has 0 radical (unpaired) electrons. The van der Waals surface area contributed by atoms with Gasteiger partial charge < -0.3 is 5.11 Å². The summed E-state index contributed by atoms with van der Waals surface area (Å²) in [6.45, 7) is 1.60. The van der Waals surface area contributed by atoms with Crippen molar-refractivity contribution in [2.45, 2.75) is 13.0 Å². The van der Waals surface area contributed by atoms with Gasteiger partial charge in [0.1, 0.15) is 11.5 Å². The van der Waals surface area contributed by atoms with E-state index in [1.54, 1.807) is 37.5 Å². The minimum absolute atomic E-state index is 0.379. The maximum absolute atomic E-state index is 13.6. The van der Waals surface area contributed by atoms with E-state index in [2.05, 4.69) is 5.10 Å². The van der Waals surface area contributed by atoms with Crippen molar-refractivity contribution in [3.8, 4) is 5.69 Å². The minimum atomic E-state index is -0.661. The average Bonchev–Trinajstić information content (AvgIpc) is 2.70. The average molecular weight is 206 g/mol. The Morgan fingerprint density at radius 2 is 2.27 bits per heavy atom. The molecule has 0 bridgehead atoms. The van der Waals surface area contributed by atoms with E-state index in [0.717, 1.165) is 0 Å². The highest BCUT2D eigenvalue weighted by Crippen LogP contribution is 2.18. The summed E-state index contributed by atoms with van der Waals surface area (Å²) < 4.78 is 15.0. The Labute approximate surface area is 86.8 Å². The number of benzene rings is 1. The molecule has 0 unspecified atom stereocenters. The molecule has 1 heterocycles. The van der Waals surface area contributed by atoms with Crippen molar-refractivity contribution in [2.24, 2.45) is 0 Å². The van der Waals surface area contributed by atoms with Crippen molar-refractivity contribution in [1.29, 1.82) is 0 Å². The Kier molecular flexibility index (Phi) is 2.51. The Bertz CT molecular complexity index is 452. The lowest BCUT2D eigenvalue weighted by atomic mass is 10.1. The lowest BCUT2D eigenvalue weighted by Crippen LogP contribution is -2.00. The van der Waals surface area contributed by atoms with Crippen LogP contribution in [0.25, 0.3) is 5.69 Å². The van der Waals surface area contributed by atoms with Crippen LogP contribution in [0, 0.1) is 5.82 Å². The normalized spacial score (nSPS) is 12.7. The summed E-state index contributed by atoms with van der Waals surface area (Å²) in [5.41, 5.74) is 0.938. The number of aliphatic hydroxyl groups is 1. The van der Waals surface area contributed by atoms with Gasteiger partial charge in [0, 0.05) is 12.4 Å². The summed E-state index contributed by atoms with van der Waals surface area (Å²) in [5.74, 6) is -0.392. The summed E-state index contributed by atoms with van der Waals surface area (Å²) in [7, 11) is 0. The van der Waals surface area contributed by atoms with Crippen LogP contribution in [0.15, 0.2) is 36.7 Å². The molecule has 0 fully saturated rings. The zero-order valence-corrected chi connectivity index (χ0v) is 8.26.